The maximum atomic E-state index is 11.8. The Hall–Kier alpha value is -3.32. The number of nitriles is 1. The highest BCUT2D eigenvalue weighted by Crippen LogP contribution is 2.32. The number of hydrogen-bond acceptors (Lipinski definition) is 8. The third kappa shape index (κ3) is 4.41. The molecule has 0 atom stereocenters. The maximum Gasteiger partial charge on any atom is 0.231 e. The van der Waals surface area contributed by atoms with E-state index < -0.39 is 9.84 Å². The van der Waals surface area contributed by atoms with Crippen molar-refractivity contribution in [2.45, 2.75) is 43.0 Å². The molecule has 2 aromatic heterocycles. The number of nitrogens with zero attached hydrogens (tertiary/aromatic N) is 3. The van der Waals surface area contributed by atoms with Gasteiger partial charge in [0.2, 0.25) is 5.95 Å². The second-order valence-corrected chi connectivity index (χ2v) is 9.69. The molecule has 10 heteroatoms. The van der Waals surface area contributed by atoms with Crippen LogP contribution in [-0.2, 0) is 9.84 Å². The van der Waals surface area contributed by atoms with Crippen molar-refractivity contribution in [3.05, 3.63) is 30.0 Å². The van der Waals surface area contributed by atoms with Crippen molar-refractivity contribution >= 4 is 38.3 Å². The molecule has 162 valence electrons. The van der Waals surface area contributed by atoms with Crippen LogP contribution in [0.3, 0.4) is 0 Å². The standard InChI is InChI=1S/C21H24N6O3S/c1-30-17-10-15(31(2,28)29)8-9-16(17)25-21-26-19-18(13(11-22)12-23-19)20(27-21)24-14-6-4-3-5-7-14/h8-10,12,14H,3-7H2,1-2H3,(H3,23,24,25,26,27). The zero-order chi connectivity index (χ0) is 22.0. The number of anilines is 3. The van der Waals surface area contributed by atoms with Crippen LogP contribution in [0, 0.1) is 11.3 Å². The van der Waals surface area contributed by atoms with Crippen molar-refractivity contribution in [3.8, 4) is 11.8 Å². The summed E-state index contributed by atoms with van der Waals surface area (Å²) in [7, 11) is -1.89. The van der Waals surface area contributed by atoms with Gasteiger partial charge in [0.1, 0.15) is 23.3 Å². The Bertz CT molecular complexity index is 1260. The lowest BCUT2D eigenvalue weighted by Gasteiger charge is -2.24. The van der Waals surface area contributed by atoms with Gasteiger partial charge < -0.3 is 20.4 Å². The van der Waals surface area contributed by atoms with Crippen molar-refractivity contribution in [2.75, 3.05) is 24.0 Å². The Morgan fingerprint density at radius 1 is 1.23 bits per heavy atom. The molecule has 31 heavy (non-hydrogen) atoms. The van der Waals surface area contributed by atoms with Crippen molar-refractivity contribution < 1.29 is 13.2 Å². The average Bonchev–Trinajstić information content (AvgIpc) is 3.17. The number of sulfone groups is 1. The molecular formula is C21H24N6O3S. The predicted molar refractivity (Wildman–Crippen MR) is 118 cm³/mol. The van der Waals surface area contributed by atoms with Gasteiger partial charge in [-0.1, -0.05) is 19.3 Å². The Morgan fingerprint density at radius 2 is 2.00 bits per heavy atom. The minimum atomic E-state index is -3.36. The molecule has 0 radical (unpaired) electrons. The molecule has 2 heterocycles. The second-order valence-electron chi connectivity index (χ2n) is 7.67. The first-order valence-electron chi connectivity index (χ1n) is 10.1. The Labute approximate surface area is 180 Å². The number of methoxy groups -OCH3 is 1. The minimum absolute atomic E-state index is 0.161. The summed E-state index contributed by atoms with van der Waals surface area (Å²) in [6.45, 7) is 0. The first kappa shape index (κ1) is 20.9. The molecule has 0 aliphatic heterocycles. The molecule has 1 aliphatic rings. The number of ether oxygens (including phenoxy) is 1. The van der Waals surface area contributed by atoms with Crippen LogP contribution in [0.15, 0.2) is 29.3 Å². The molecule has 1 aromatic carbocycles. The third-order valence-electron chi connectivity index (χ3n) is 5.45. The van der Waals surface area contributed by atoms with Gasteiger partial charge in [-0.25, -0.2) is 8.42 Å². The smallest absolute Gasteiger partial charge is 0.231 e. The van der Waals surface area contributed by atoms with Gasteiger partial charge in [0.25, 0.3) is 0 Å². The summed E-state index contributed by atoms with van der Waals surface area (Å²) < 4.78 is 29.0. The van der Waals surface area contributed by atoms with E-state index in [0.29, 0.717) is 45.8 Å². The summed E-state index contributed by atoms with van der Waals surface area (Å²) in [6.07, 6.45) is 8.45. The number of nitrogens with one attached hydrogen (secondary N) is 3. The molecule has 0 bridgehead atoms. The van der Waals surface area contributed by atoms with Crippen LogP contribution in [0.1, 0.15) is 37.7 Å². The fourth-order valence-corrected chi connectivity index (χ4v) is 4.48. The zero-order valence-electron chi connectivity index (χ0n) is 17.4. The van der Waals surface area contributed by atoms with Crippen LogP contribution in [-0.4, -0.2) is 42.8 Å². The molecular weight excluding hydrogens is 416 g/mol. The van der Waals surface area contributed by atoms with Gasteiger partial charge in [-0.15, -0.1) is 0 Å². The monoisotopic (exact) mass is 440 g/mol. The number of aromatic amines is 1. The van der Waals surface area contributed by atoms with Gasteiger partial charge in [-0.05, 0) is 25.0 Å². The van der Waals surface area contributed by atoms with E-state index >= 15 is 0 Å². The maximum absolute atomic E-state index is 11.8. The molecule has 1 aliphatic carbocycles. The number of hydrogen-bond donors (Lipinski definition) is 3. The van der Waals surface area contributed by atoms with Crippen LogP contribution in [0.25, 0.3) is 11.0 Å². The number of fused-ring (bicyclic) bond motifs is 1. The summed E-state index contributed by atoms with van der Waals surface area (Å²) >= 11 is 0. The van der Waals surface area contributed by atoms with E-state index in [1.807, 2.05) is 0 Å². The summed E-state index contributed by atoms with van der Waals surface area (Å²) in [5.74, 6) is 1.27. The first-order valence-corrected chi connectivity index (χ1v) is 12.0. The highest BCUT2D eigenvalue weighted by Gasteiger charge is 2.20. The van der Waals surface area contributed by atoms with Gasteiger partial charge in [-0.3, -0.25) is 0 Å². The largest absolute Gasteiger partial charge is 0.495 e. The van der Waals surface area contributed by atoms with E-state index in [2.05, 4.69) is 31.7 Å². The van der Waals surface area contributed by atoms with Gasteiger partial charge >= 0.3 is 0 Å². The van der Waals surface area contributed by atoms with Crippen molar-refractivity contribution in [2.24, 2.45) is 0 Å². The molecule has 3 N–H and O–H groups in total. The summed E-state index contributed by atoms with van der Waals surface area (Å²) in [5.41, 5.74) is 1.55. The fraction of sp³-hybridized carbons (Fsp3) is 0.381. The van der Waals surface area contributed by atoms with Gasteiger partial charge in [-0.2, -0.15) is 15.2 Å². The highest BCUT2D eigenvalue weighted by molar-refractivity contribution is 7.90. The van der Waals surface area contributed by atoms with Crippen LogP contribution in [0.2, 0.25) is 0 Å². The van der Waals surface area contributed by atoms with E-state index in [1.54, 1.807) is 12.3 Å². The Balaban J connectivity index is 1.72. The molecule has 0 saturated heterocycles. The van der Waals surface area contributed by atoms with Crippen LogP contribution >= 0.6 is 0 Å². The Kier molecular flexibility index (Phi) is 5.69. The summed E-state index contributed by atoms with van der Waals surface area (Å²) in [4.78, 5) is 12.3. The lowest BCUT2D eigenvalue weighted by molar-refractivity contribution is 0.415. The molecule has 9 nitrogen and oxygen atoms in total. The van der Waals surface area contributed by atoms with Crippen molar-refractivity contribution in [3.63, 3.8) is 0 Å². The minimum Gasteiger partial charge on any atom is -0.495 e. The van der Waals surface area contributed by atoms with Gasteiger partial charge in [0.05, 0.1) is 28.6 Å². The second kappa shape index (κ2) is 8.43. The lowest BCUT2D eigenvalue weighted by Crippen LogP contribution is -2.23. The van der Waals surface area contributed by atoms with Crippen LogP contribution in [0.4, 0.5) is 17.5 Å². The van der Waals surface area contributed by atoms with E-state index in [9.17, 15) is 13.7 Å². The quantitative estimate of drug-likeness (QED) is 0.528. The number of H-pyrrole nitrogens is 1. The molecule has 1 saturated carbocycles. The SMILES string of the molecule is COc1cc(S(C)(=O)=O)ccc1Nc1nc(NC2CCCCC2)c2c(C#N)c[nH]c2n1. The molecule has 0 amide bonds. The van der Waals surface area contributed by atoms with Crippen molar-refractivity contribution in [1.29, 1.82) is 5.26 Å². The van der Waals surface area contributed by atoms with Gasteiger partial charge in [0.15, 0.2) is 9.84 Å². The third-order valence-corrected chi connectivity index (χ3v) is 6.56. The molecule has 1 fully saturated rings. The van der Waals surface area contributed by atoms with E-state index in [0.717, 1.165) is 19.1 Å². The predicted octanol–water partition coefficient (Wildman–Crippen LogP) is 3.73. The fourth-order valence-electron chi connectivity index (χ4n) is 3.85. The highest BCUT2D eigenvalue weighted by atomic mass is 32.2. The molecule has 0 unspecified atom stereocenters. The summed E-state index contributed by atoms with van der Waals surface area (Å²) in [6, 6.07) is 7.06. The number of rotatable bonds is 6. The molecule has 4 rings (SSSR count). The topological polar surface area (TPSA) is 133 Å². The van der Waals surface area contributed by atoms with E-state index in [1.165, 1.54) is 38.5 Å². The number of aromatic nitrogens is 3. The average molecular weight is 441 g/mol. The van der Waals surface area contributed by atoms with Crippen molar-refractivity contribution in [1.82, 2.24) is 15.0 Å². The molecule has 0 spiro atoms. The lowest BCUT2D eigenvalue weighted by atomic mass is 9.95. The number of benzene rings is 1. The van der Waals surface area contributed by atoms with Crippen LogP contribution < -0.4 is 15.4 Å². The first-order chi connectivity index (χ1) is 14.9. The molecule has 3 aromatic rings. The van der Waals surface area contributed by atoms with E-state index in [4.69, 9.17) is 4.74 Å². The Morgan fingerprint density at radius 3 is 2.68 bits per heavy atom. The van der Waals surface area contributed by atoms with Crippen LogP contribution in [0.5, 0.6) is 5.75 Å². The van der Waals surface area contributed by atoms with Gasteiger partial charge in [0, 0.05) is 24.6 Å². The zero-order valence-corrected chi connectivity index (χ0v) is 18.2. The van der Waals surface area contributed by atoms with E-state index in [-0.39, 0.29) is 4.90 Å². The normalized spacial score (nSPS) is 14.9. The summed E-state index contributed by atoms with van der Waals surface area (Å²) in [5, 5.41) is 16.8.